The summed E-state index contributed by atoms with van der Waals surface area (Å²) >= 11 is 0. The standard InChI is InChI=1S/C24H30N2O3S/c1-2-26(22-10-4-3-5-11-22)24(27)20-12-14-23(15-13-20)30(28,29)25-17-16-19-8-6-7-9-21(19)18-25/h6-9,12-15,22H,2-5,10-11,16-18H2,1H3. The molecule has 1 fully saturated rings. The normalized spacial score (nSPS) is 18.0. The number of fused-ring (bicyclic) bond motifs is 1. The number of hydrogen-bond acceptors (Lipinski definition) is 3. The van der Waals surface area contributed by atoms with Crippen molar-refractivity contribution in [2.24, 2.45) is 0 Å². The zero-order valence-corrected chi connectivity index (χ0v) is 18.4. The molecule has 0 aromatic heterocycles. The van der Waals surface area contributed by atoms with Gasteiger partial charge in [-0.05, 0) is 61.6 Å². The van der Waals surface area contributed by atoms with E-state index in [0.29, 0.717) is 31.2 Å². The third-order valence-corrected chi connectivity index (χ3v) is 8.31. The number of rotatable bonds is 5. The Labute approximate surface area is 179 Å². The zero-order chi connectivity index (χ0) is 21.1. The van der Waals surface area contributed by atoms with Crippen LogP contribution in [0.2, 0.25) is 0 Å². The van der Waals surface area contributed by atoms with Crippen LogP contribution in [0.4, 0.5) is 0 Å². The molecule has 0 spiro atoms. The minimum Gasteiger partial charge on any atom is -0.336 e. The number of benzene rings is 2. The largest absolute Gasteiger partial charge is 0.336 e. The van der Waals surface area contributed by atoms with Crippen LogP contribution in [0.1, 0.15) is 60.5 Å². The smallest absolute Gasteiger partial charge is 0.254 e. The van der Waals surface area contributed by atoms with Gasteiger partial charge in [0, 0.05) is 31.2 Å². The topological polar surface area (TPSA) is 57.7 Å². The molecule has 1 amide bonds. The van der Waals surface area contributed by atoms with Crippen LogP contribution >= 0.6 is 0 Å². The zero-order valence-electron chi connectivity index (χ0n) is 17.6. The van der Waals surface area contributed by atoms with Crippen LogP contribution in [0.5, 0.6) is 0 Å². The lowest BCUT2D eigenvalue weighted by Crippen LogP contribution is -2.41. The monoisotopic (exact) mass is 426 g/mol. The predicted molar refractivity (Wildman–Crippen MR) is 118 cm³/mol. The molecule has 1 saturated carbocycles. The Balaban J connectivity index is 1.50. The maximum Gasteiger partial charge on any atom is 0.254 e. The van der Waals surface area contributed by atoms with E-state index in [0.717, 1.165) is 24.8 Å². The van der Waals surface area contributed by atoms with Crippen molar-refractivity contribution in [3.05, 3.63) is 65.2 Å². The van der Waals surface area contributed by atoms with Gasteiger partial charge in [-0.1, -0.05) is 43.5 Å². The van der Waals surface area contributed by atoms with Gasteiger partial charge >= 0.3 is 0 Å². The fraction of sp³-hybridized carbons (Fsp3) is 0.458. The van der Waals surface area contributed by atoms with E-state index >= 15 is 0 Å². The van der Waals surface area contributed by atoms with Crippen molar-refractivity contribution in [1.82, 2.24) is 9.21 Å². The number of amides is 1. The van der Waals surface area contributed by atoms with Crippen LogP contribution in [-0.2, 0) is 23.0 Å². The van der Waals surface area contributed by atoms with E-state index in [1.54, 1.807) is 24.3 Å². The molecule has 5 nitrogen and oxygen atoms in total. The molecule has 1 aliphatic carbocycles. The van der Waals surface area contributed by atoms with Crippen molar-refractivity contribution in [3.8, 4) is 0 Å². The highest BCUT2D eigenvalue weighted by molar-refractivity contribution is 7.89. The number of nitrogens with zero attached hydrogens (tertiary/aromatic N) is 2. The molecule has 0 atom stereocenters. The lowest BCUT2D eigenvalue weighted by atomic mass is 9.93. The molecule has 0 N–H and O–H groups in total. The SMILES string of the molecule is CCN(C(=O)c1ccc(S(=O)(=O)N2CCc3ccccc3C2)cc1)C1CCCCC1. The third kappa shape index (κ3) is 4.16. The van der Waals surface area contributed by atoms with Crippen molar-refractivity contribution in [2.75, 3.05) is 13.1 Å². The average Bonchev–Trinajstić information content (AvgIpc) is 2.80. The second-order valence-corrected chi connectivity index (χ2v) is 10.2. The fourth-order valence-corrected chi connectivity index (χ4v) is 6.14. The Morgan fingerprint density at radius 2 is 1.67 bits per heavy atom. The fourth-order valence-electron chi connectivity index (χ4n) is 4.72. The first-order valence-electron chi connectivity index (χ1n) is 11.0. The quantitative estimate of drug-likeness (QED) is 0.719. The van der Waals surface area contributed by atoms with Gasteiger partial charge < -0.3 is 4.90 Å². The number of carbonyl (C=O) groups excluding carboxylic acids is 1. The molecule has 2 aromatic rings. The summed E-state index contributed by atoms with van der Waals surface area (Å²) in [5.41, 5.74) is 2.84. The Morgan fingerprint density at radius 1 is 1.00 bits per heavy atom. The molecule has 1 heterocycles. The van der Waals surface area contributed by atoms with Gasteiger partial charge in [0.2, 0.25) is 10.0 Å². The molecule has 4 rings (SSSR count). The summed E-state index contributed by atoms with van der Waals surface area (Å²) in [6.45, 7) is 3.56. The van der Waals surface area contributed by atoms with Gasteiger partial charge in [-0.25, -0.2) is 8.42 Å². The first-order valence-corrected chi connectivity index (χ1v) is 12.4. The number of hydrogen-bond donors (Lipinski definition) is 0. The summed E-state index contributed by atoms with van der Waals surface area (Å²) in [4.78, 5) is 15.2. The summed E-state index contributed by atoms with van der Waals surface area (Å²) in [6, 6.07) is 14.8. The molecule has 1 aliphatic heterocycles. The molecule has 160 valence electrons. The number of sulfonamides is 1. The van der Waals surface area contributed by atoms with Gasteiger partial charge in [-0.2, -0.15) is 4.31 Å². The predicted octanol–water partition coefficient (Wildman–Crippen LogP) is 4.23. The van der Waals surface area contributed by atoms with Crippen LogP contribution in [0, 0.1) is 0 Å². The summed E-state index contributed by atoms with van der Waals surface area (Å²) in [6.07, 6.45) is 6.43. The lowest BCUT2D eigenvalue weighted by Gasteiger charge is -2.33. The van der Waals surface area contributed by atoms with E-state index in [2.05, 4.69) is 6.07 Å². The van der Waals surface area contributed by atoms with Crippen molar-refractivity contribution >= 4 is 15.9 Å². The summed E-state index contributed by atoms with van der Waals surface area (Å²) in [5.74, 6) is 0.000229. The van der Waals surface area contributed by atoms with Crippen LogP contribution in [0.3, 0.4) is 0 Å². The van der Waals surface area contributed by atoms with Crippen molar-refractivity contribution in [3.63, 3.8) is 0 Å². The van der Waals surface area contributed by atoms with E-state index in [4.69, 9.17) is 0 Å². The molecule has 2 aliphatic rings. The van der Waals surface area contributed by atoms with Crippen molar-refractivity contribution in [2.45, 2.75) is 62.9 Å². The highest BCUT2D eigenvalue weighted by Crippen LogP contribution is 2.27. The summed E-state index contributed by atoms with van der Waals surface area (Å²) in [7, 11) is -3.59. The first-order chi connectivity index (χ1) is 14.5. The minimum atomic E-state index is -3.59. The van der Waals surface area contributed by atoms with Crippen molar-refractivity contribution < 1.29 is 13.2 Å². The molecule has 0 saturated heterocycles. The second-order valence-electron chi connectivity index (χ2n) is 8.26. The van der Waals surface area contributed by atoms with Crippen molar-refractivity contribution in [1.29, 1.82) is 0 Å². The summed E-state index contributed by atoms with van der Waals surface area (Å²) in [5, 5.41) is 0. The van der Waals surface area contributed by atoms with Gasteiger partial charge in [-0.3, -0.25) is 4.79 Å². The molecule has 2 aromatic carbocycles. The average molecular weight is 427 g/mol. The number of carbonyl (C=O) groups is 1. The molecule has 0 unspecified atom stereocenters. The van der Waals surface area contributed by atoms with Gasteiger partial charge in [0.1, 0.15) is 0 Å². The highest BCUT2D eigenvalue weighted by atomic mass is 32.2. The lowest BCUT2D eigenvalue weighted by molar-refractivity contribution is 0.0648. The molecule has 6 heteroatoms. The van der Waals surface area contributed by atoms with Crippen LogP contribution in [-0.4, -0.2) is 42.7 Å². The Morgan fingerprint density at radius 3 is 2.33 bits per heavy atom. The Bertz CT molecular complexity index is 995. The third-order valence-electron chi connectivity index (χ3n) is 6.45. The first kappa shape index (κ1) is 21.1. The second kappa shape index (κ2) is 8.90. The Kier molecular flexibility index (Phi) is 6.25. The van der Waals surface area contributed by atoms with Gasteiger partial charge in [0.05, 0.1) is 4.90 Å². The maximum atomic E-state index is 13.1. The van der Waals surface area contributed by atoms with E-state index < -0.39 is 10.0 Å². The van der Waals surface area contributed by atoms with Gasteiger partial charge in [0.15, 0.2) is 0 Å². The molecule has 0 radical (unpaired) electrons. The molecule has 0 bridgehead atoms. The van der Waals surface area contributed by atoms with Gasteiger partial charge in [-0.15, -0.1) is 0 Å². The molecule has 30 heavy (non-hydrogen) atoms. The summed E-state index contributed by atoms with van der Waals surface area (Å²) < 4.78 is 27.8. The van der Waals surface area contributed by atoms with Gasteiger partial charge in [0.25, 0.3) is 5.91 Å². The minimum absolute atomic E-state index is 0.000229. The van der Waals surface area contributed by atoms with E-state index in [9.17, 15) is 13.2 Å². The highest BCUT2D eigenvalue weighted by Gasteiger charge is 2.29. The maximum absolute atomic E-state index is 13.1. The van der Waals surface area contributed by atoms with E-state index in [1.165, 1.54) is 29.1 Å². The van der Waals surface area contributed by atoms with Crippen LogP contribution in [0.25, 0.3) is 0 Å². The molecular formula is C24H30N2O3S. The van der Waals surface area contributed by atoms with E-state index in [-0.39, 0.29) is 10.8 Å². The Hall–Kier alpha value is -2.18. The van der Waals surface area contributed by atoms with Crippen LogP contribution in [0.15, 0.2) is 53.4 Å². The van der Waals surface area contributed by atoms with E-state index in [1.807, 2.05) is 30.0 Å². The molecular weight excluding hydrogens is 396 g/mol. The van der Waals surface area contributed by atoms with Crippen LogP contribution < -0.4 is 0 Å².